The summed E-state index contributed by atoms with van der Waals surface area (Å²) >= 11 is 0. The Morgan fingerprint density at radius 2 is 1.89 bits per heavy atom. The van der Waals surface area contributed by atoms with E-state index >= 15 is 0 Å². The van der Waals surface area contributed by atoms with E-state index in [0.29, 0.717) is 5.65 Å². The zero-order valence-corrected chi connectivity index (χ0v) is 11.3. The molecular formula is C11H12F3N3OS. The molecule has 2 rings (SSSR count). The van der Waals surface area contributed by atoms with Crippen molar-refractivity contribution in [3.8, 4) is 0 Å². The van der Waals surface area contributed by atoms with Crippen LogP contribution < -0.4 is 0 Å². The summed E-state index contributed by atoms with van der Waals surface area (Å²) in [5, 5.41) is -0.536. The molecule has 2 heterocycles. The smallest absolute Gasteiger partial charge is 0.290 e. The van der Waals surface area contributed by atoms with Gasteiger partial charge < -0.3 is 0 Å². The Bertz CT molecular complexity index is 643. The van der Waals surface area contributed by atoms with Gasteiger partial charge >= 0.3 is 5.51 Å². The van der Waals surface area contributed by atoms with Crippen LogP contribution in [0.5, 0.6) is 0 Å². The number of nitrogens with zero attached hydrogens (tertiary/aromatic N) is 3. The van der Waals surface area contributed by atoms with Crippen molar-refractivity contribution in [3.05, 3.63) is 24.3 Å². The van der Waals surface area contributed by atoms with E-state index in [2.05, 4.69) is 9.97 Å². The summed E-state index contributed by atoms with van der Waals surface area (Å²) < 4.78 is 49.8. The van der Waals surface area contributed by atoms with Gasteiger partial charge in [-0.1, -0.05) is 20.8 Å². The van der Waals surface area contributed by atoms with Crippen LogP contribution in [0.15, 0.2) is 23.6 Å². The van der Waals surface area contributed by atoms with Gasteiger partial charge in [0.1, 0.15) is 17.0 Å². The van der Waals surface area contributed by atoms with Gasteiger partial charge in [0.2, 0.25) is 0 Å². The fourth-order valence-electron chi connectivity index (χ4n) is 1.46. The molecule has 0 saturated carbocycles. The van der Waals surface area contributed by atoms with E-state index in [0.717, 1.165) is 11.8 Å². The van der Waals surface area contributed by atoms with Crippen LogP contribution in [-0.4, -0.2) is 24.1 Å². The summed E-state index contributed by atoms with van der Waals surface area (Å²) in [6, 6.07) is 1.10. The second kappa shape index (κ2) is 4.29. The van der Waals surface area contributed by atoms with Crippen LogP contribution in [-0.2, 0) is 16.2 Å². The van der Waals surface area contributed by atoms with Gasteiger partial charge in [-0.3, -0.25) is 4.40 Å². The van der Waals surface area contributed by atoms with Crippen molar-refractivity contribution in [2.45, 2.75) is 36.7 Å². The van der Waals surface area contributed by atoms with E-state index in [4.69, 9.17) is 0 Å². The van der Waals surface area contributed by atoms with Crippen molar-refractivity contribution in [2.75, 3.05) is 0 Å². The highest BCUT2D eigenvalue weighted by Gasteiger charge is 2.39. The quantitative estimate of drug-likeness (QED) is 0.759. The van der Waals surface area contributed by atoms with Gasteiger partial charge in [-0.2, -0.15) is 13.2 Å². The number of hydrogen-bond acceptors (Lipinski definition) is 3. The largest absolute Gasteiger partial charge is 0.477 e. The monoisotopic (exact) mass is 291 g/mol. The number of halogens is 3. The first-order valence-electron chi connectivity index (χ1n) is 5.43. The van der Waals surface area contributed by atoms with Gasteiger partial charge in [0.05, 0.1) is 5.69 Å². The Kier molecular flexibility index (Phi) is 3.16. The molecular weight excluding hydrogens is 279 g/mol. The molecule has 1 unspecified atom stereocenters. The molecule has 0 N–H and O–H groups in total. The van der Waals surface area contributed by atoms with Crippen LogP contribution in [0.3, 0.4) is 0 Å². The van der Waals surface area contributed by atoms with E-state index in [9.17, 15) is 17.4 Å². The Morgan fingerprint density at radius 1 is 1.26 bits per heavy atom. The van der Waals surface area contributed by atoms with Gasteiger partial charge in [-0.25, -0.2) is 14.2 Å². The molecule has 0 saturated heterocycles. The summed E-state index contributed by atoms with van der Waals surface area (Å²) in [5.74, 6) is 0. The average molecular weight is 291 g/mol. The van der Waals surface area contributed by atoms with Gasteiger partial charge in [0.15, 0.2) is 10.8 Å². The van der Waals surface area contributed by atoms with E-state index in [1.807, 2.05) is 20.8 Å². The van der Waals surface area contributed by atoms with Crippen molar-refractivity contribution in [1.29, 1.82) is 0 Å². The maximum absolute atomic E-state index is 12.4. The minimum atomic E-state index is -4.81. The highest BCUT2D eigenvalue weighted by Crippen LogP contribution is 2.26. The van der Waals surface area contributed by atoms with Gasteiger partial charge in [0, 0.05) is 17.7 Å². The number of fused-ring (bicyclic) bond motifs is 1. The standard InChI is InChI=1S/C11H12F3N3OS/c1-10(2,3)7-5-17-6-15-9(4-8(17)16-7)19(18)11(12,13)14/h4-6H,1-3H3. The molecule has 2 aromatic rings. The summed E-state index contributed by atoms with van der Waals surface area (Å²) in [7, 11) is -3.13. The highest BCUT2D eigenvalue weighted by molar-refractivity contribution is 7.85. The number of hydrogen-bond donors (Lipinski definition) is 0. The summed E-state index contributed by atoms with van der Waals surface area (Å²) in [5.41, 5.74) is -4.02. The van der Waals surface area contributed by atoms with E-state index in [-0.39, 0.29) is 5.41 Å². The summed E-state index contributed by atoms with van der Waals surface area (Å²) in [4.78, 5) is 7.80. The molecule has 0 bridgehead atoms. The topological polar surface area (TPSA) is 47.3 Å². The van der Waals surface area contributed by atoms with Crippen LogP contribution in [0.2, 0.25) is 0 Å². The molecule has 0 spiro atoms. The normalized spacial score (nSPS) is 14.8. The molecule has 0 fully saturated rings. The third-order valence-corrected chi connectivity index (χ3v) is 3.52. The fourth-order valence-corrected chi connectivity index (χ4v) is 2.05. The molecule has 0 aromatic carbocycles. The number of imidazole rings is 1. The molecule has 19 heavy (non-hydrogen) atoms. The van der Waals surface area contributed by atoms with E-state index in [1.165, 1.54) is 10.7 Å². The van der Waals surface area contributed by atoms with Crippen molar-refractivity contribution in [1.82, 2.24) is 14.4 Å². The van der Waals surface area contributed by atoms with Gasteiger partial charge in [-0.15, -0.1) is 0 Å². The predicted molar refractivity (Wildman–Crippen MR) is 64.2 cm³/mol. The van der Waals surface area contributed by atoms with Crippen molar-refractivity contribution < 1.29 is 17.4 Å². The van der Waals surface area contributed by atoms with Crippen LogP contribution in [0.4, 0.5) is 13.2 Å². The van der Waals surface area contributed by atoms with Gasteiger partial charge in [-0.05, 0) is 0 Å². The molecule has 4 nitrogen and oxygen atoms in total. The van der Waals surface area contributed by atoms with Crippen LogP contribution in [0.1, 0.15) is 26.5 Å². The molecule has 0 aliphatic rings. The first-order chi connectivity index (χ1) is 8.59. The minimum absolute atomic E-state index is 0.227. The number of aromatic nitrogens is 3. The van der Waals surface area contributed by atoms with E-state index < -0.39 is 21.3 Å². The Labute approximate surface area is 110 Å². The molecule has 8 heteroatoms. The van der Waals surface area contributed by atoms with Gasteiger partial charge in [0.25, 0.3) is 0 Å². The van der Waals surface area contributed by atoms with Crippen LogP contribution in [0, 0.1) is 0 Å². The zero-order chi connectivity index (χ0) is 14.4. The third-order valence-electron chi connectivity index (χ3n) is 2.49. The molecule has 1 atom stereocenters. The Hall–Kier alpha value is -1.44. The molecule has 0 aliphatic carbocycles. The molecule has 0 aliphatic heterocycles. The first-order valence-corrected chi connectivity index (χ1v) is 6.58. The third kappa shape index (κ3) is 2.78. The Morgan fingerprint density at radius 3 is 2.42 bits per heavy atom. The maximum atomic E-state index is 12.4. The molecule has 2 aromatic heterocycles. The Balaban J connectivity index is 2.50. The molecule has 0 amide bonds. The van der Waals surface area contributed by atoms with Crippen molar-refractivity contribution in [2.24, 2.45) is 0 Å². The fraction of sp³-hybridized carbons (Fsp3) is 0.455. The lowest BCUT2D eigenvalue weighted by atomic mass is 9.93. The average Bonchev–Trinajstić information content (AvgIpc) is 2.68. The number of alkyl halides is 3. The second-order valence-corrected chi connectivity index (χ2v) is 6.50. The van der Waals surface area contributed by atoms with E-state index in [1.54, 1.807) is 6.20 Å². The lowest BCUT2D eigenvalue weighted by Crippen LogP contribution is -2.17. The first kappa shape index (κ1) is 14.0. The van der Waals surface area contributed by atoms with Crippen LogP contribution in [0.25, 0.3) is 5.65 Å². The molecule has 0 radical (unpaired) electrons. The second-order valence-electron chi connectivity index (χ2n) is 5.08. The summed E-state index contributed by atoms with van der Waals surface area (Å²) in [6.45, 7) is 5.82. The SMILES string of the molecule is CC(C)(C)c1cn2cnc(S(=O)C(F)(F)F)cc2n1. The summed E-state index contributed by atoms with van der Waals surface area (Å²) in [6.07, 6.45) is 2.89. The lowest BCUT2D eigenvalue weighted by Gasteiger charge is -2.13. The lowest BCUT2D eigenvalue weighted by molar-refractivity contribution is -0.0386. The number of rotatable bonds is 1. The van der Waals surface area contributed by atoms with Crippen molar-refractivity contribution >= 4 is 16.4 Å². The minimum Gasteiger partial charge on any atom is -0.290 e. The zero-order valence-electron chi connectivity index (χ0n) is 10.5. The predicted octanol–water partition coefficient (Wildman–Crippen LogP) is 2.65. The van der Waals surface area contributed by atoms with Crippen molar-refractivity contribution in [3.63, 3.8) is 0 Å². The van der Waals surface area contributed by atoms with Crippen LogP contribution >= 0.6 is 0 Å². The maximum Gasteiger partial charge on any atom is 0.477 e. The molecule has 104 valence electrons. The highest BCUT2D eigenvalue weighted by atomic mass is 32.2.